The number of hydrogen-bond donors (Lipinski definition) is 1. The van der Waals surface area contributed by atoms with E-state index in [1.54, 1.807) is 18.2 Å². The third-order valence-corrected chi connectivity index (χ3v) is 4.27. The molecule has 0 bridgehead atoms. The third kappa shape index (κ3) is 3.11. The lowest BCUT2D eigenvalue weighted by atomic mass is 10.4. The van der Waals surface area contributed by atoms with Gasteiger partial charge in [0.15, 0.2) is 9.84 Å². The number of carbonyl (C=O) groups excluding carboxylic acids is 1. The van der Waals surface area contributed by atoms with Gasteiger partial charge in [0.25, 0.3) is 0 Å². The molecule has 0 radical (unpaired) electrons. The minimum atomic E-state index is -3.62. The lowest BCUT2D eigenvalue weighted by Crippen LogP contribution is -2.22. The van der Waals surface area contributed by atoms with E-state index in [1.165, 1.54) is 17.6 Å². The van der Waals surface area contributed by atoms with Gasteiger partial charge in [0, 0.05) is 0 Å². The second-order valence-electron chi connectivity index (χ2n) is 3.36. The normalized spacial score (nSPS) is 11.1. The highest BCUT2D eigenvalue weighted by atomic mass is 32.2. The van der Waals surface area contributed by atoms with E-state index in [0.29, 0.717) is 0 Å². The van der Waals surface area contributed by atoms with Crippen LogP contribution in [0.25, 0.3) is 0 Å². The molecule has 0 fully saturated rings. The molecule has 0 atom stereocenters. The van der Waals surface area contributed by atoms with Crippen LogP contribution < -0.4 is 5.32 Å². The number of benzene rings is 1. The zero-order chi connectivity index (χ0) is 13.0. The molecule has 6 nitrogen and oxygen atoms in total. The van der Waals surface area contributed by atoms with Crippen molar-refractivity contribution in [3.63, 3.8) is 0 Å². The molecule has 1 aromatic carbocycles. The maximum Gasteiger partial charge on any atom is 0.241 e. The Bertz CT molecular complexity index is 624. The molecule has 8 heteroatoms. The maximum atomic E-state index is 11.9. The lowest BCUT2D eigenvalue weighted by molar-refractivity contribution is -0.113. The van der Waals surface area contributed by atoms with Crippen LogP contribution in [0.15, 0.2) is 40.7 Å². The van der Waals surface area contributed by atoms with Gasteiger partial charge in [0.2, 0.25) is 11.0 Å². The minimum Gasteiger partial charge on any atom is -0.300 e. The number of sulfone groups is 1. The second-order valence-corrected chi connectivity index (χ2v) is 6.19. The Morgan fingerprint density at radius 2 is 2.00 bits per heavy atom. The van der Waals surface area contributed by atoms with Gasteiger partial charge in [-0.1, -0.05) is 29.5 Å². The van der Waals surface area contributed by atoms with Crippen molar-refractivity contribution in [1.82, 2.24) is 10.2 Å². The van der Waals surface area contributed by atoms with Crippen LogP contribution in [0, 0.1) is 0 Å². The highest BCUT2D eigenvalue weighted by molar-refractivity contribution is 7.92. The van der Waals surface area contributed by atoms with Gasteiger partial charge in [0.05, 0.1) is 4.90 Å². The van der Waals surface area contributed by atoms with Crippen LogP contribution in [-0.4, -0.2) is 30.3 Å². The van der Waals surface area contributed by atoms with Gasteiger partial charge in [-0.25, -0.2) is 8.42 Å². The van der Waals surface area contributed by atoms with Gasteiger partial charge in [-0.2, -0.15) is 0 Å². The first-order valence-electron chi connectivity index (χ1n) is 4.92. The summed E-state index contributed by atoms with van der Waals surface area (Å²) in [6.45, 7) is 0. The van der Waals surface area contributed by atoms with Crippen LogP contribution in [0.4, 0.5) is 5.13 Å². The number of hydrogen-bond acceptors (Lipinski definition) is 6. The van der Waals surface area contributed by atoms with E-state index in [9.17, 15) is 13.2 Å². The summed E-state index contributed by atoms with van der Waals surface area (Å²) in [6.07, 6.45) is 0. The zero-order valence-corrected chi connectivity index (χ0v) is 10.7. The first-order chi connectivity index (χ1) is 8.58. The van der Waals surface area contributed by atoms with Crippen molar-refractivity contribution in [2.75, 3.05) is 11.1 Å². The van der Waals surface area contributed by atoms with Crippen LogP contribution in [-0.2, 0) is 14.6 Å². The molecule has 2 rings (SSSR count). The molecular weight excluding hydrogens is 274 g/mol. The zero-order valence-electron chi connectivity index (χ0n) is 9.11. The molecule has 0 aliphatic rings. The van der Waals surface area contributed by atoms with Crippen molar-refractivity contribution >= 4 is 32.2 Å². The van der Waals surface area contributed by atoms with Crippen molar-refractivity contribution in [3.8, 4) is 0 Å². The molecule has 0 aliphatic carbocycles. The summed E-state index contributed by atoms with van der Waals surface area (Å²) < 4.78 is 23.8. The lowest BCUT2D eigenvalue weighted by Gasteiger charge is -2.03. The third-order valence-electron chi connectivity index (χ3n) is 2.03. The van der Waals surface area contributed by atoms with E-state index < -0.39 is 21.5 Å². The van der Waals surface area contributed by atoms with E-state index in [4.69, 9.17) is 0 Å². The first-order valence-corrected chi connectivity index (χ1v) is 7.45. The summed E-state index contributed by atoms with van der Waals surface area (Å²) in [5.41, 5.74) is 1.45. The van der Waals surface area contributed by atoms with Crippen LogP contribution in [0.3, 0.4) is 0 Å². The smallest absolute Gasteiger partial charge is 0.241 e. The number of aromatic nitrogens is 2. The van der Waals surface area contributed by atoms with E-state index in [2.05, 4.69) is 15.5 Å². The largest absolute Gasteiger partial charge is 0.300 e. The monoisotopic (exact) mass is 283 g/mol. The van der Waals surface area contributed by atoms with E-state index in [0.717, 1.165) is 11.3 Å². The highest BCUT2D eigenvalue weighted by Crippen LogP contribution is 2.12. The maximum absolute atomic E-state index is 11.9. The van der Waals surface area contributed by atoms with E-state index >= 15 is 0 Å². The number of carbonyl (C=O) groups is 1. The summed E-state index contributed by atoms with van der Waals surface area (Å²) >= 11 is 1.12. The van der Waals surface area contributed by atoms with E-state index in [-0.39, 0.29) is 10.0 Å². The van der Waals surface area contributed by atoms with Crippen molar-refractivity contribution in [2.45, 2.75) is 4.90 Å². The average molecular weight is 283 g/mol. The number of amides is 1. The summed E-state index contributed by atoms with van der Waals surface area (Å²) in [7, 11) is -3.62. The molecular formula is C10H9N3O3S2. The number of nitrogens with zero attached hydrogens (tertiary/aromatic N) is 2. The Kier molecular flexibility index (Phi) is 3.68. The standard InChI is InChI=1S/C10H9N3O3S2/c14-9(12-10-13-11-7-17-10)6-18(15,16)8-4-2-1-3-5-8/h1-5,7H,6H2,(H,12,13,14). The van der Waals surface area contributed by atoms with Gasteiger partial charge in [0.1, 0.15) is 11.3 Å². The molecule has 18 heavy (non-hydrogen) atoms. The van der Waals surface area contributed by atoms with Gasteiger partial charge in [-0.15, -0.1) is 10.2 Å². The number of anilines is 1. The summed E-state index contributed by atoms with van der Waals surface area (Å²) in [6, 6.07) is 7.83. The van der Waals surface area contributed by atoms with E-state index in [1.807, 2.05) is 0 Å². The van der Waals surface area contributed by atoms with Crippen LogP contribution in [0.1, 0.15) is 0 Å². The Labute approximate surface area is 108 Å². The fraction of sp³-hybridized carbons (Fsp3) is 0.100. The molecule has 1 N–H and O–H groups in total. The predicted octanol–water partition coefficient (Wildman–Crippen LogP) is 0.951. The van der Waals surface area contributed by atoms with Gasteiger partial charge < -0.3 is 0 Å². The van der Waals surface area contributed by atoms with Crippen molar-refractivity contribution in [3.05, 3.63) is 35.8 Å². The molecule has 1 amide bonds. The van der Waals surface area contributed by atoms with Crippen molar-refractivity contribution in [1.29, 1.82) is 0 Å². The quantitative estimate of drug-likeness (QED) is 0.902. The SMILES string of the molecule is O=C(CS(=O)(=O)c1ccccc1)Nc1nncs1. The number of rotatable bonds is 4. The molecule has 2 aromatic rings. The topological polar surface area (TPSA) is 89.0 Å². The van der Waals surface area contributed by atoms with Gasteiger partial charge in [-0.05, 0) is 12.1 Å². The summed E-state index contributed by atoms with van der Waals surface area (Å²) in [5.74, 6) is -1.24. The average Bonchev–Trinajstić information content (AvgIpc) is 2.82. The molecule has 0 saturated carbocycles. The Hall–Kier alpha value is -1.80. The number of nitrogens with one attached hydrogen (secondary N) is 1. The molecule has 1 heterocycles. The van der Waals surface area contributed by atoms with Crippen molar-refractivity contribution in [2.24, 2.45) is 0 Å². The van der Waals surface area contributed by atoms with Gasteiger partial charge >= 0.3 is 0 Å². The Balaban J connectivity index is 2.07. The molecule has 0 unspecified atom stereocenters. The van der Waals surface area contributed by atoms with Gasteiger partial charge in [-0.3, -0.25) is 10.1 Å². The molecule has 1 aromatic heterocycles. The summed E-state index contributed by atoms with van der Waals surface area (Å²) in [4.78, 5) is 11.7. The van der Waals surface area contributed by atoms with Crippen LogP contribution in [0.5, 0.6) is 0 Å². The molecule has 0 saturated heterocycles. The van der Waals surface area contributed by atoms with Crippen LogP contribution in [0.2, 0.25) is 0 Å². The highest BCUT2D eigenvalue weighted by Gasteiger charge is 2.19. The summed E-state index contributed by atoms with van der Waals surface area (Å²) in [5, 5.41) is 9.79. The fourth-order valence-electron chi connectivity index (χ4n) is 1.27. The Morgan fingerprint density at radius 3 is 2.61 bits per heavy atom. The molecule has 0 aliphatic heterocycles. The minimum absolute atomic E-state index is 0.123. The molecule has 94 valence electrons. The molecule has 0 spiro atoms. The van der Waals surface area contributed by atoms with Crippen LogP contribution >= 0.6 is 11.3 Å². The second kappa shape index (κ2) is 5.23. The first kappa shape index (κ1) is 12.7. The Morgan fingerprint density at radius 1 is 1.28 bits per heavy atom. The van der Waals surface area contributed by atoms with Crippen molar-refractivity contribution < 1.29 is 13.2 Å². The fourth-order valence-corrected chi connectivity index (χ4v) is 2.88. The predicted molar refractivity (Wildman–Crippen MR) is 67.0 cm³/mol.